The molecule has 0 saturated heterocycles. The molecule has 1 aliphatic rings. The third-order valence-electron chi connectivity index (χ3n) is 3.34. The predicted molar refractivity (Wildman–Crippen MR) is 76.3 cm³/mol. The van der Waals surface area contributed by atoms with E-state index in [-0.39, 0.29) is 12.5 Å². The van der Waals surface area contributed by atoms with Crippen LogP contribution in [0.5, 0.6) is 0 Å². The number of aromatic nitrogens is 3. The van der Waals surface area contributed by atoms with Gasteiger partial charge >= 0.3 is 0 Å². The van der Waals surface area contributed by atoms with Crippen molar-refractivity contribution in [2.75, 3.05) is 18.0 Å². The van der Waals surface area contributed by atoms with Crippen molar-refractivity contribution < 1.29 is 9.63 Å². The second-order valence-corrected chi connectivity index (χ2v) is 4.92. The van der Waals surface area contributed by atoms with Gasteiger partial charge in [-0.1, -0.05) is 30.3 Å². The SMILES string of the molecule is O=C(CN1CCCc2n[nH]nc21)NOCc1ccccc1. The molecule has 1 aromatic carbocycles. The summed E-state index contributed by atoms with van der Waals surface area (Å²) < 4.78 is 0. The molecule has 2 N–H and O–H groups in total. The van der Waals surface area contributed by atoms with Gasteiger partial charge in [0.2, 0.25) is 0 Å². The van der Waals surface area contributed by atoms with Gasteiger partial charge in [0.1, 0.15) is 12.2 Å². The van der Waals surface area contributed by atoms with Crippen LogP contribution in [0, 0.1) is 0 Å². The number of aryl methyl sites for hydroxylation is 1. The summed E-state index contributed by atoms with van der Waals surface area (Å²) >= 11 is 0. The number of amides is 1. The van der Waals surface area contributed by atoms with Crippen LogP contribution in [-0.2, 0) is 22.7 Å². The Bertz CT molecular complexity index is 598. The summed E-state index contributed by atoms with van der Waals surface area (Å²) in [4.78, 5) is 19.0. The number of benzene rings is 1. The van der Waals surface area contributed by atoms with E-state index in [9.17, 15) is 4.79 Å². The number of H-pyrrole nitrogens is 1. The number of hydroxylamine groups is 1. The van der Waals surface area contributed by atoms with E-state index in [1.54, 1.807) is 0 Å². The molecule has 0 aliphatic carbocycles. The van der Waals surface area contributed by atoms with Crippen LogP contribution in [0.3, 0.4) is 0 Å². The molecule has 7 nitrogen and oxygen atoms in total. The zero-order chi connectivity index (χ0) is 14.5. The smallest absolute Gasteiger partial charge is 0.263 e. The lowest BCUT2D eigenvalue weighted by atomic mass is 10.1. The molecule has 2 aromatic rings. The van der Waals surface area contributed by atoms with Crippen molar-refractivity contribution >= 4 is 11.7 Å². The molecular weight excluding hydrogens is 270 g/mol. The highest BCUT2D eigenvalue weighted by Crippen LogP contribution is 2.21. The lowest BCUT2D eigenvalue weighted by molar-refractivity contribution is -0.133. The summed E-state index contributed by atoms with van der Waals surface area (Å²) in [5, 5.41) is 10.8. The third kappa shape index (κ3) is 3.38. The van der Waals surface area contributed by atoms with Gasteiger partial charge in [-0.2, -0.15) is 10.3 Å². The van der Waals surface area contributed by atoms with Gasteiger partial charge in [0.25, 0.3) is 5.91 Å². The molecule has 0 atom stereocenters. The highest BCUT2D eigenvalue weighted by atomic mass is 16.6. The van der Waals surface area contributed by atoms with Crippen LogP contribution in [0.1, 0.15) is 17.7 Å². The number of nitrogens with zero attached hydrogens (tertiary/aromatic N) is 3. The van der Waals surface area contributed by atoms with E-state index in [0.717, 1.165) is 36.5 Å². The molecule has 0 saturated carbocycles. The normalized spacial score (nSPS) is 13.8. The first kappa shape index (κ1) is 13.6. The second-order valence-electron chi connectivity index (χ2n) is 4.92. The molecule has 0 unspecified atom stereocenters. The van der Waals surface area contributed by atoms with Crippen LogP contribution >= 0.6 is 0 Å². The Morgan fingerprint density at radius 3 is 3.05 bits per heavy atom. The number of hydrogen-bond donors (Lipinski definition) is 2. The summed E-state index contributed by atoms with van der Waals surface area (Å²) in [6.45, 7) is 1.36. The number of carbonyl (C=O) groups is 1. The van der Waals surface area contributed by atoms with Crippen LogP contribution in [0.4, 0.5) is 5.82 Å². The second kappa shape index (κ2) is 6.36. The summed E-state index contributed by atoms with van der Waals surface area (Å²) in [6, 6.07) is 9.69. The molecular formula is C14H17N5O2. The van der Waals surface area contributed by atoms with Crippen molar-refractivity contribution in [2.45, 2.75) is 19.4 Å². The number of nitrogens with one attached hydrogen (secondary N) is 2. The van der Waals surface area contributed by atoms with Crippen molar-refractivity contribution in [3.63, 3.8) is 0 Å². The quantitative estimate of drug-likeness (QED) is 0.795. The van der Waals surface area contributed by atoms with Gasteiger partial charge in [-0.15, -0.1) is 5.10 Å². The molecule has 110 valence electrons. The van der Waals surface area contributed by atoms with Crippen molar-refractivity contribution in [3.8, 4) is 0 Å². The van der Waals surface area contributed by atoms with E-state index in [2.05, 4.69) is 20.9 Å². The minimum atomic E-state index is -0.193. The van der Waals surface area contributed by atoms with Gasteiger partial charge < -0.3 is 4.90 Å². The van der Waals surface area contributed by atoms with Crippen LogP contribution in [0.15, 0.2) is 30.3 Å². The fourth-order valence-electron chi connectivity index (χ4n) is 2.35. The van der Waals surface area contributed by atoms with Crippen LogP contribution in [0.2, 0.25) is 0 Å². The maximum absolute atomic E-state index is 11.9. The highest BCUT2D eigenvalue weighted by Gasteiger charge is 2.22. The first-order valence-corrected chi connectivity index (χ1v) is 6.92. The Balaban J connectivity index is 1.47. The fourth-order valence-corrected chi connectivity index (χ4v) is 2.35. The molecule has 0 radical (unpaired) electrons. The Morgan fingerprint density at radius 2 is 2.19 bits per heavy atom. The van der Waals surface area contributed by atoms with E-state index in [0.29, 0.717) is 6.61 Å². The maximum Gasteiger partial charge on any atom is 0.263 e. The molecule has 2 heterocycles. The largest absolute Gasteiger partial charge is 0.344 e. The van der Waals surface area contributed by atoms with Gasteiger partial charge in [-0.05, 0) is 18.4 Å². The number of hydrogen-bond acceptors (Lipinski definition) is 5. The Kier molecular flexibility index (Phi) is 4.11. The van der Waals surface area contributed by atoms with Gasteiger partial charge in [-0.3, -0.25) is 9.63 Å². The molecule has 1 aliphatic heterocycles. The Labute approximate surface area is 122 Å². The average Bonchev–Trinajstić information content (AvgIpc) is 2.98. The molecule has 0 spiro atoms. The summed E-state index contributed by atoms with van der Waals surface area (Å²) in [6.07, 6.45) is 1.87. The number of fused-ring (bicyclic) bond motifs is 1. The van der Waals surface area contributed by atoms with E-state index in [1.807, 2.05) is 35.2 Å². The molecule has 3 rings (SSSR count). The molecule has 0 bridgehead atoms. The molecule has 7 heteroatoms. The summed E-state index contributed by atoms with van der Waals surface area (Å²) in [5.74, 6) is 0.571. The van der Waals surface area contributed by atoms with E-state index in [4.69, 9.17) is 4.84 Å². The fraction of sp³-hybridized carbons (Fsp3) is 0.357. The van der Waals surface area contributed by atoms with Crippen LogP contribution in [-0.4, -0.2) is 34.4 Å². The number of anilines is 1. The zero-order valence-corrected chi connectivity index (χ0v) is 11.6. The van der Waals surface area contributed by atoms with Gasteiger partial charge in [0, 0.05) is 6.54 Å². The molecule has 0 fully saturated rings. The predicted octanol–water partition coefficient (Wildman–Crippen LogP) is 0.805. The third-order valence-corrected chi connectivity index (χ3v) is 3.34. The van der Waals surface area contributed by atoms with Crippen molar-refractivity contribution in [2.24, 2.45) is 0 Å². The average molecular weight is 287 g/mol. The first-order valence-electron chi connectivity index (χ1n) is 6.92. The zero-order valence-electron chi connectivity index (χ0n) is 11.6. The van der Waals surface area contributed by atoms with Gasteiger partial charge in [-0.25, -0.2) is 5.48 Å². The number of rotatable bonds is 5. The standard InChI is InChI=1S/C14H17N5O2/c20-13(17-21-10-11-5-2-1-3-6-11)9-19-8-4-7-12-14(19)16-18-15-12/h1-3,5-6H,4,7-10H2,(H,17,20)(H,15,16,18). The minimum absolute atomic E-state index is 0.193. The summed E-state index contributed by atoms with van der Waals surface area (Å²) in [7, 11) is 0. The minimum Gasteiger partial charge on any atom is -0.344 e. The van der Waals surface area contributed by atoms with Crippen LogP contribution < -0.4 is 10.4 Å². The lowest BCUT2D eigenvalue weighted by Crippen LogP contribution is -2.39. The Hall–Kier alpha value is -2.41. The monoisotopic (exact) mass is 287 g/mol. The molecule has 1 amide bonds. The van der Waals surface area contributed by atoms with E-state index in [1.165, 1.54) is 0 Å². The lowest BCUT2D eigenvalue weighted by Gasteiger charge is -2.25. The first-order chi connectivity index (χ1) is 10.3. The van der Waals surface area contributed by atoms with E-state index < -0.39 is 0 Å². The van der Waals surface area contributed by atoms with Gasteiger partial charge in [0.05, 0.1) is 6.61 Å². The number of aromatic amines is 1. The molecule has 1 aromatic heterocycles. The van der Waals surface area contributed by atoms with Crippen molar-refractivity contribution in [1.82, 2.24) is 20.9 Å². The van der Waals surface area contributed by atoms with Crippen molar-refractivity contribution in [1.29, 1.82) is 0 Å². The van der Waals surface area contributed by atoms with Gasteiger partial charge in [0.15, 0.2) is 5.82 Å². The molecule has 21 heavy (non-hydrogen) atoms. The summed E-state index contributed by atoms with van der Waals surface area (Å²) in [5.41, 5.74) is 4.39. The highest BCUT2D eigenvalue weighted by molar-refractivity contribution is 5.80. The van der Waals surface area contributed by atoms with E-state index >= 15 is 0 Å². The van der Waals surface area contributed by atoms with Crippen molar-refractivity contribution in [3.05, 3.63) is 41.6 Å². The number of carbonyl (C=O) groups excluding carboxylic acids is 1. The topological polar surface area (TPSA) is 83.1 Å². The Morgan fingerprint density at radius 1 is 1.33 bits per heavy atom. The maximum atomic E-state index is 11.9. The van der Waals surface area contributed by atoms with Crippen LogP contribution in [0.25, 0.3) is 0 Å².